The van der Waals surface area contributed by atoms with Crippen LogP contribution in [0.3, 0.4) is 0 Å². The maximum atomic E-state index is 11.3. The van der Waals surface area contributed by atoms with E-state index in [1.54, 1.807) is 0 Å². The number of nitrogens with one attached hydrogen (secondary N) is 1. The van der Waals surface area contributed by atoms with Crippen LogP contribution in [0, 0.1) is 0 Å². The number of rotatable bonds is 2. The minimum absolute atomic E-state index is 0.820. The summed E-state index contributed by atoms with van der Waals surface area (Å²) in [5.74, 6) is -2.17. The van der Waals surface area contributed by atoms with Crippen molar-refractivity contribution >= 4 is 22.8 Å². The molecule has 0 saturated heterocycles. The van der Waals surface area contributed by atoms with Gasteiger partial charge in [-0.25, -0.2) is 0 Å². The highest BCUT2D eigenvalue weighted by Crippen LogP contribution is 2.13. The van der Waals surface area contributed by atoms with E-state index in [4.69, 9.17) is 0 Å². The molecule has 1 N–H and O–H groups in total. The number of hydrogen-bond donors (Lipinski definition) is 1. The van der Waals surface area contributed by atoms with Crippen LogP contribution in [0.5, 0.6) is 0 Å². The largest absolute Gasteiger partial charge is 0.471 e. The number of carbonyl (C=O) groups excluding carboxylic acids is 2. The molecule has 0 unspecified atom stereocenters. The molecule has 0 rings (SSSR count). The van der Waals surface area contributed by atoms with E-state index in [0.29, 0.717) is 0 Å². The van der Waals surface area contributed by atoms with Gasteiger partial charge in [-0.2, -0.15) is 13.2 Å². The monoisotopic (exact) mass is 189 g/mol. The second-order valence-electron chi connectivity index (χ2n) is 1.54. The van der Waals surface area contributed by atoms with Crippen molar-refractivity contribution in [3.63, 3.8) is 0 Å². The van der Waals surface area contributed by atoms with Crippen LogP contribution in [0.2, 0.25) is 0 Å². The van der Waals surface area contributed by atoms with Gasteiger partial charge in [0.1, 0.15) is 0 Å². The maximum absolute atomic E-state index is 11.3. The summed E-state index contributed by atoms with van der Waals surface area (Å²) >= 11 is 4.65. The van der Waals surface area contributed by atoms with Gasteiger partial charge in [-0.3, -0.25) is 9.59 Å². The molecular weight excluding hydrogens is 186 g/mol. The van der Waals surface area contributed by atoms with Crippen molar-refractivity contribution < 1.29 is 22.8 Å². The molecule has 0 aliphatic rings. The van der Waals surface area contributed by atoms with Gasteiger partial charge in [-0.15, -0.1) is 0 Å². The predicted octanol–water partition coefficient (Wildman–Crippen LogP) is 0.430. The summed E-state index contributed by atoms with van der Waals surface area (Å²) in [4.78, 5) is 19.8. The Morgan fingerprint density at radius 3 is 2.09 bits per heavy atom. The molecule has 3 nitrogen and oxygen atoms in total. The molecule has 0 aromatic carbocycles. The third-order valence-corrected chi connectivity index (χ3v) is 0.779. The fraction of sp³-hybridized carbons (Fsp3) is 0.500. The Bertz CT molecular complexity index is 179. The smallest absolute Gasteiger partial charge is 0.340 e. The van der Waals surface area contributed by atoms with Crippen LogP contribution in [0.1, 0.15) is 0 Å². The molecule has 0 aromatic heterocycles. The molecule has 11 heavy (non-hydrogen) atoms. The number of halogens is 4. The summed E-state index contributed by atoms with van der Waals surface area (Å²) in [6.45, 7) is -0.820. The normalized spacial score (nSPS) is 10.9. The van der Waals surface area contributed by atoms with E-state index in [9.17, 15) is 22.8 Å². The lowest BCUT2D eigenvalue weighted by Crippen LogP contribution is -2.38. The highest BCUT2D eigenvalue weighted by molar-refractivity contribution is 6.64. The summed E-state index contributed by atoms with van der Waals surface area (Å²) in [5, 5.41) is 0.223. The van der Waals surface area contributed by atoms with Gasteiger partial charge in [0.05, 0.1) is 6.54 Å². The Kier molecular flexibility index (Phi) is 3.31. The van der Waals surface area contributed by atoms with Gasteiger partial charge in [-0.05, 0) is 11.6 Å². The van der Waals surface area contributed by atoms with Crippen LogP contribution in [-0.4, -0.2) is 23.9 Å². The molecule has 0 spiro atoms. The zero-order chi connectivity index (χ0) is 9.07. The first-order valence-electron chi connectivity index (χ1n) is 2.37. The fourth-order valence-electron chi connectivity index (χ4n) is 0.250. The lowest BCUT2D eigenvalue weighted by atomic mass is 10.5. The van der Waals surface area contributed by atoms with Crippen LogP contribution in [0.15, 0.2) is 0 Å². The average Bonchev–Trinajstić information content (AvgIpc) is 1.80. The molecule has 0 aliphatic carbocycles. The first-order valence-corrected chi connectivity index (χ1v) is 2.75. The Morgan fingerprint density at radius 1 is 1.36 bits per heavy atom. The molecule has 0 radical (unpaired) electrons. The zero-order valence-electron chi connectivity index (χ0n) is 5.04. The Balaban J connectivity index is 3.80. The van der Waals surface area contributed by atoms with Gasteiger partial charge in [0.2, 0.25) is 5.24 Å². The molecule has 0 fully saturated rings. The van der Waals surface area contributed by atoms with E-state index in [1.165, 1.54) is 5.32 Å². The van der Waals surface area contributed by atoms with Crippen molar-refractivity contribution in [2.45, 2.75) is 6.18 Å². The predicted molar refractivity (Wildman–Crippen MR) is 29.9 cm³/mol. The van der Waals surface area contributed by atoms with E-state index in [0.717, 1.165) is 0 Å². The summed E-state index contributed by atoms with van der Waals surface area (Å²) in [6.07, 6.45) is -4.97. The van der Waals surface area contributed by atoms with E-state index in [2.05, 4.69) is 11.6 Å². The quantitative estimate of drug-likeness (QED) is 0.641. The number of hydrogen-bond acceptors (Lipinski definition) is 2. The van der Waals surface area contributed by atoms with Crippen LogP contribution in [0.25, 0.3) is 0 Å². The molecule has 64 valence electrons. The summed E-state index contributed by atoms with van der Waals surface area (Å²) in [6, 6.07) is 0. The fourth-order valence-corrected chi connectivity index (χ4v) is 0.317. The molecule has 0 saturated carbocycles. The first kappa shape index (κ1) is 10.2. The molecule has 1 amide bonds. The Morgan fingerprint density at radius 2 is 1.82 bits per heavy atom. The van der Waals surface area contributed by atoms with Crippen LogP contribution < -0.4 is 5.32 Å². The highest BCUT2D eigenvalue weighted by atomic mass is 35.5. The van der Waals surface area contributed by atoms with Crippen LogP contribution in [0.4, 0.5) is 13.2 Å². The van der Waals surface area contributed by atoms with Gasteiger partial charge in [-0.1, -0.05) is 0 Å². The topological polar surface area (TPSA) is 46.2 Å². The van der Waals surface area contributed by atoms with E-state index in [1.807, 2.05) is 0 Å². The van der Waals surface area contributed by atoms with Crippen LogP contribution in [-0.2, 0) is 9.59 Å². The highest BCUT2D eigenvalue weighted by Gasteiger charge is 2.38. The summed E-state index contributed by atoms with van der Waals surface area (Å²) in [5.41, 5.74) is 0. The maximum Gasteiger partial charge on any atom is 0.471 e. The standard InChI is InChI=1S/C4H3ClF3NO2/c5-2(10)1-9-3(11)4(6,7)8/h1H2,(H,9,11). The second kappa shape index (κ2) is 3.56. The van der Waals surface area contributed by atoms with E-state index in [-0.39, 0.29) is 0 Å². The van der Waals surface area contributed by atoms with Crippen molar-refractivity contribution in [1.82, 2.24) is 5.32 Å². The molecule has 0 aromatic rings. The van der Waals surface area contributed by atoms with Crippen molar-refractivity contribution in [1.29, 1.82) is 0 Å². The summed E-state index contributed by atoms with van der Waals surface area (Å²) in [7, 11) is 0. The van der Waals surface area contributed by atoms with Crippen molar-refractivity contribution in [2.24, 2.45) is 0 Å². The number of amides is 1. The number of alkyl halides is 3. The molecule has 0 heterocycles. The Hall–Kier alpha value is -0.780. The SMILES string of the molecule is O=C(Cl)CNC(=O)C(F)(F)F. The average molecular weight is 190 g/mol. The second-order valence-corrected chi connectivity index (χ2v) is 1.96. The minimum Gasteiger partial charge on any atom is -0.340 e. The van der Waals surface area contributed by atoms with E-state index < -0.39 is 23.9 Å². The van der Waals surface area contributed by atoms with Gasteiger partial charge < -0.3 is 5.32 Å². The van der Waals surface area contributed by atoms with Gasteiger partial charge in [0, 0.05) is 0 Å². The third kappa shape index (κ3) is 4.60. The lowest BCUT2D eigenvalue weighted by Gasteiger charge is -2.04. The molecular formula is C4H3ClF3NO2. The van der Waals surface area contributed by atoms with Gasteiger partial charge >= 0.3 is 12.1 Å². The zero-order valence-corrected chi connectivity index (χ0v) is 5.79. The molecule has 7 heteroatoms. The van der Waals surface area contributed by atoms with Gasteiger partial charge in [0.25, 0.3) is 0 Å². The van der Waals surface area contributed by atoms with Crippen molar-refractivity contribution in [2.75, 3.05) is 6.54 Å². The molecule has 0 bridgehead atoms. The van der Waals surface area contributed by atoms with Crippen molar-refractivity contribution in [3.8, 4) is 0 Å². The minimum atomic E-state index is -4.97. The third-order valence-electron chi connectivity index (χ3n) is 0.645. The Labute approximate surface area is 64.5 Å². The van der Waals surface area contributed by atoms with E-state index >= 15 is 0 Å². The molecule has 0 aliphatic heterocycles. The number of carbonyl (C=O) groups is 2. The first-order chi connectivity index (χ1) is 4.84. The summed E-state index contributed by atoms with van der Waals surface area (Å²) < 4.78 is 34.0. The van der Waals surface area contributed by atoms with Crippen LogP contribution >= 0.6 is 11.6 Å². The van der Waals surface area contributed by atoms with Crippen molar-refractivity contribution in [3.05, 3.63) is 0 Å². The van der Waals surface area contributed by atoms with Gasteiger partial charge in [0.15, 0.2) is 0 Å². The molecule has 0 atom stereocenters. The lowest BCUT2D eigenvalue weighted by molar-refractivity contribution is -0.173.